The lowest BCUT2D eigenvalue weighted by Gasteiger charge is -2.31. The molecule has 2 aliphatic heterocycles. The van der Waals surface area contributed by atoms with Crippen LogP contribution in [0.2, 0.25) is 0 Å². The Kier molecular flexibility index (Phi) is 15.1. The van der Waals surface area contributed by atoms with Crippen molar-refractivity contribution in [2.45, 2.75) is 44.6 Å². The smallest absolute Gasteiger partial charge is 0.0970 e. The van der Waals surface area contributed by atoms with Crippen LogP contribution in [0.25, 0.3) is 155 Å². The summed E-state index contributed by atoms with van der Waals surface area (Å²) in [6.07, 6.45) is 36.1. The highest BCUT2D eigenvalue weighted by molar-refractivity contribution is 6.26. The van der Waals surface area contributed by atoms with Crippen LogP contribution in [0.5, 0.6) is 0 Å². The fraction of sp³-hybridized carbons (Fsp3) is 0.0842. The van der Waals surface area contributed by atoms with Gasteiger partial charge in [0, 0.05) is 114 Å². The maximum absolute atomic E-state index is 5.53. The standard InChI is InChI=1S/C95H68N8/c1-4-6-18-57(3)80-52-64(37-41-73(80)83-56-100-89(75-24-11-9-22-71(75)83)61-35-29-58(30-36-61)68-42-43-72(76-26-14-48-97-92(68)76)82-54-66-19-13-47-96-90(66)94-79(82)28-16-49-98-94)86-46-40-67-53-81(78-27-15-50-99-95(78)91(67)102-86)62-38-44-85-63(51-62)39-45-84(101-85)59-31-33-60(34-32-59)87-55-65(17-5-2)88-74-23-10-7-20-69(74)70-21-8-12-25-77(70)93(88)103-87/h5-48,50-51,53-56,64,68,92,98H,3-4,49,52H2,1-2H3/b17-5-,18-6-. The predicted molar refractivity (Wildman–Crippen MR) is 432 cm³/mol. The van der Waals surface area contributed by atoms with E-state index in [1.165, 1.54) is 55.0 Å². The average Bonchev–Trinajstić information content (AvgIpc) is 0.743. The summed E-state index contributed by atoms with van der Waals surface area (Å²) in [4.78, 5) is 36.5. The van der Waals surface area contributed by atoms with E-state index >= 15 is 0 Å². The fourth-order valence-corrected chi connectivity index (χ4v) is 16.3. The van der Waals surface area contributed by atoms with E-state index in [4.69, 9.17) is 41.5 Å². The molecule has 6 aromatic heterocycles. The monoisotopic (exact) mass is 1320 g/mol. The molecule has 15 aromatic rings. The second-order valence-corrected chi connectivity index (χ2v) is 27.2. The third-order valence-electron chi connectivity index (χ3n) is 21.3. The number of fused-ring (bicyclic) bond motifs is 15. The van der Waals surface area contributed by atoms with Crippen molar-refractivity contribution in [3.05, 3.63) is 342 Å². The van der Waals surface area contributed by atoms with E-state index in [2.05, 4.69) is 292 Å². The molecule has 0 saturated heterocycles. The summed E-state index contributed by atoms with van der Waals surface area (Å²) in [6.45, 7) is 9.75. The van der Waals surface area contributed by atoms with Crippen molar-refractivity contribution in [3.63, 3.8) is 0 Å². The van der Waals surface area contributed by atoms with Gasteiger partial charge in [-0.2, -0.15) is 0 Å². The summed E-state index contributed by atoms with van der Waals surface area (Å²) in [5.41, 5.74) is 26.4. The molecule has 488 valence electrons. The Labute approximate surface area is 597 Å². The minimum Gasteiger partial charge on any atom is -0.379 e. The van der Waals surface area contributed by atoms with Gasteiger partial charge in [-0.05, 0) is 158 Å². The van der Waals surface area contributed by atoms with Gasteiger partial charge >= 0.3 is 0 Å². The number of benzene rings is 9. The Bertz CT molecular complexity index is 6410. The van der Waals surface area contributed by atoms with Gasteiger partial charge in [0.2, 0.25) is 0 Å². The number of rotatable bonds is 12. The van der Waals surface area contributed by atoms with Crippen molar-refractivity contribution >= 4 is 122 Å². The van der Waals surface area contributed by atoms with Crippen LogP contribution in [0.4, 0.5) is 5.69 Å². The first-order chi connectivity index (χ1) is 50.9. The van der Waals surface area contributed by atoms with E-state index in [0.29, 0.717) is 0 Å². The largest absolute Gasteiger partial charge is 0.379 e. The van der Waals surface area contributed by atoms with Crippen molar-refractivity contribution in [1.29, 1.82) is 0 Å². The minimum atomic E-state index is -0.0654. The molecule has 0 bridgehead atoms. The highest BCUT2D eigenvalue weighted by atomic mass is 14.9. The van der Waals surface area contributed by atoms with Crippen LogP contribution in [0.1, 0.15) is 72.0 Å². The van der Waals surface area contributed by atoms with Gasteiger partial charge in [-0.15, -0.1) is 0 Å². The molecular formula is C95H68N8. The lowest BCUT2D eigenvalue weighted by molar-refractivity contribution is 0.695. The summed E-state index contributed by atoms with van der Waals surface area (Å²) in [5, 5.41) is 16.1. The van der Waals surface area contributed by atoms with Crippen LogP contribution in [-0.2, 0) is 0 Å². The third-order valence-corrected chi connectivity index (χ3v) is 21.3. The van der Waals surface area contributed by atoms with Crippen LogP contribution in [0, 0.1) is 0 Å². The highest BCUT2D eigenvalue weighted by Gasteiger charge is 2.32. The van der Waals surface area contributed by atoms with Crippen molar-refractivity contribution in [2.75, 3.05) is 11.9 Å². The van der Waals surface area contributed by atoms with E-state index in [0.717, 1.165) is 163 Å². The van der Waals surface area contributed by atoms with Gasteiger partial charge in [-0.3, -0.25) is 19.9 Å². The first-order valence-corrected chi connectivity index (χ1v) is 35.7. The fourth-order valence-electron chi connectivity index (χ4n) is 16.3. The Morgan fingerprint density at radius 1 is 0.544 bits per heavy atom. The van der Waals surface area contributed by atoms with E-state index in [-0.39, 0.29) is 17.9 Å². The quantitative estimate of drug-likeness (QED) is 0.0960. The number of pyridine rings is 6. The molecule has 0 fully saturated rings. The van der Waals surface area contributed by atoms with Gasteiger partial charge in [0.1, 0.15) is 0 Å². The predicted octanol–water partition coefficient (Wildman–Crippen LogP) is 23.6. The van der Waals surface area contributed by atoms with Crippen LogP contribution in [-0.4, -0.2) is 48.7 Å². The van der Waals surface area contributed by atoms with Gasteiger partial charge in [-0.25, -0.2) is 15.0 Å². The van der Waals surface area contributed by atoms with Gasteiger partial charge in [-0.1, -0.05) is 232 Å². The van der Waals surface area contributed by atoms with E-state index in [1.54, 1.807) is 0 Å². The highest BCUT2D eigenvalue weighted by Crippen LogP contribution is 2.47. The molecule has 8 heteroatoms. The van der Waals surface area contributed by atoms with Crippen molar-refractivity contribution < 1.29 is 0 Å². The molecule has 1 N–H and O–H groups in total. The normalized spacial score (nSPS) is 16.5. The summed E-state index contributed by atoms with van der Waals surface area (Å²) >= 11 is 0. The van der Waals surface area contributed by atoms with Gasteiger partial charge in [0.25, 0.3) is 0 Å². The van der Waals surface area contributed by atoms with Gasteiger partial charge < -0.3 is 5.32 Å². The Morgan fingerprint density at radius 2 is 1.25 bits per heavy atom. The lowest BCUT2D eigenvalue weighted by atomic mass is 9.77. The molecule has 3 atom stereocenters. The number of hydrogen-bond acceptors (Lipinski definition) is 8. The van der Waals surface area contributed by atoms with Crippen molar-refractivity contribution in [3.8, 4) is 44.9 Å². The van der Waals surface area contributed by atoms with Crippen LogP contribution >= 0.6 is 0 Å². The number of nitrogens with one attached hydrogen (secondary N) is 1. The van der Waals surface area contributed by atoms with Crippen LogP contribution in [0.3, 0.4) is 0 Å². The molecule has 0 spiro atoms. The van der Waals surface area contributed by atoms with Crippen LogP contribution in [0.15, 0.2) is 314 Å². The Balaban J connectivity index is 0.594. The summed E-state index contributed by atoms with van der Waals surface area (Å²) in [5.74, 6) is 0.0481. The van der Waals surface area contributed by atoms with E-state index < -0.39 is 0 Å². The molecule has 0 saturated carbocycles. The zero-order chi connectivity index (χ0) is 68.7. The molecular weight excluding hydrogens is 1250 g/mol. The first-order valence-electron chi connectivity index (χ1n) is 35.7. The summed E-state index contributed by atoms with van der Waals surface area (Å²) in [7, 11) is 0. The Morgan fingerprint density at radius 3 is 2.09 bits per heavy atom. The topological polar surface area (TPSA) is 102 Å². The summed E-state index contributed by atoms with van der Waals surface area (Å²) in [6, 6.07) is 74.1. The molecule has 8 heterocycles. The maximum atomic E-state index is 5.53. The van der Waals surface area contributed by atoms with Gasteiger partial charge in [0.15, 0.2) is 0 Å². The maximum Gasteiger partial charge on any atom is 0.0970 e. The number of dihydropyridines is 1. The Hall–Kier alpha value is -12.9. The molecule has 3 unspecified atom stereocenters. The average molecular weight is 1320 g/mol. The van der Waals surface area contributed by atoms with E-state index in [1.807, 2.05) is 30.7 Å². The zero-order valence-corrected chi connectivity index (χ0v) is 57.1. The molecule has 4 aliphatic rings. The number of aromatic nitrogens is 6. The molecule has 9 aromatic carbocycles. The second-order valence-electron chi connectivity index (χ2n) is 27.2. The SMILES string of the molecule is C=C(/C=C\CC)C1=C(c2cnc(-c3ccc(C4C=CC(c5cc6cccnc6c6c5C=CCN6)=C5C=CC=NC54)cc3)c3ccccc23)C=CC(c2ccc3cc(-c4ccc5nc(-c6ccc(-c7cc(/C=C\C)c8c9ccccc9c9ccccc9c8n7)cc6)ccc5c4)c4cccnc4c3n2)C1. The number of hydrogen-bond donors (Lipinski definition) is 1. The molecule has 0 radical (unpaired) electrons. The minimum absolute atomic E-state index is 0.00906. The van der Waals surface area contributed by atoms with Crippen molar-refractivity contribution in [1.82, 2.24) is 29.9 Å². The number of allylic oxidation sites excluding steroid dienone is 11. The summed E-state index contributed by atoms with van der Waals surface area (Å²) < 4.78 is 0. The van der Waals surface area contributed by atoms with Gasteiger partial charge in [0.05, 0.1) is 56.4 Å². The molecule has 19 rings (SSSR count). The second kappa shape index (κ2) is 25.4. The van der Waals surface area contributed by atoms with Crippen LogP contribution < -0.4 is 5.32 Å². The van der Waals surface area contributed by atoms with Crippen molar-refractivity contribution in [2.24, 2.45) is 4.99 Å². The third kappa shape index (κ3) is 10.5. The van der Waals surface area contributed by atoms with E-state index in [9.17, 15) is 0 Å². The molecule has 0 amide bonds. The number of nitrogens with zero attached hydrogens (tertiary/aromatic N) is 7. The number of anilines is 1. The molecule has 2 aliphatic carbocycles. The molecule has 103 heavy (non-hydrogen) atoms. The number of aliphatic imine (C=N–C) groups is 1. The lowest BCUT2D eigenvalue weighted by Crippen LogP contribution is -2.23. The first kappa shape index (κ1) is 61.2. The molecule has 8 nitrogen and oxygen atoms in total. The zero-order valence-electron chi connectivity index (χ0n) is 57.1.